The standard InChI is InChI=1S/C12H8Cl2FN3/c1-2-17-12-6(4-16)5-18-8-3-7(13)11(15)10(14)9(8)12/h3,5H,2H2,1H3,(H,17,18). The first-order chi connectivity index (χ1) is 8.60. The molecule has 2 aromatic rings. The maximum absolute atomic E-state index is 13.7. The molecule has 0 fully saturated rings. The van der Waals surface area contributed by atoms with Gasteiger partial charge >= 0.3 is 0 Å². The number of nitrogens with one attached hydrogen (secondary N) is 1. The van der Waals surface area contributed by atoms with Crippen molar-refractivity contribution < 1.29 is 4.39 Å². The summed E-state index contributed by atoms with van der Waals surface area (Å²) in [6.45, 7) is 2.45. The second-order valence-electron chi connectivity index (χ2n) is 3.57. The largest absolute Gasteiger partial charge is 0.384 e. The van der Waals surface area contributed by atoms with Crippen LogP contribution in [0.5, 0.6) is 0 Å². The van der Waals surface area contributed by atoms with Crippen molar-refractivity contribution in [3.05, 3.63) is 33.7 Å². The maximum atomic E-state index is 13.7. The molecule has 0 spiro atoms. The van der Waals surface area contributed by atoms with Gasteiger partial charge in [0.05, 0.1) is 26.8 Å². The van der Waals surface area contributed by atoms with E-state index in [1.54, 1.807) is 0 Å². The molecule has 1 aromatic carbocycles. The summed E-state index contributed by atoms with van der Waals surface area (Å²) in [5, 5.41) is 12.2. The first-order valence-corrected chi connectivity index (χ1v) is 5.95. The van der Waals surface area contributed by atoms with Crippen LogP contribution in [0.25, 0.3) is 10.9 Å². The fraction of sp³-hybridized carbons (Fsp3) is 0.167. The molecular weight excluding hydrogens is 276 g/mol. The van der Waals surface area contributed by atoms with Gasteiger partial charge in [0, 0.05) is 18.1 Å². The van der Waals surface area contributed by atoms with E-state index in [-0.39, 0.29) is 10.0 Å². The van der Waals surface area contributed by atoms with Gasteiger partial charge in [-0.2, -0.15) is 5.26 Å². The molecule has 2 rings (SSSR count). The Morgan fingerprint density at radius 1 is 1.50 bits per heavy atom. The van der Waals surface area contributed by atoms with Crippen LogP contribution in [0.15, 0.2) is 12.3 Å². The summed E-state index contributed by atoms with van der Waals surface area (Å²) >= 11 is 11.7. The second kappa shape index (κ2) is 4.97. The number of hydrogen-bond acceptors (Lipinski definition) is 3. The molecule has 0 aliphatic carbocycles. The van der Waals surface area contributed by atoms with Crippen molar-refractivity contribution >= 4 is 39.8 Å². The molecule has 0 saturated carbocycles. The van der Waals surface area contributed by atoms with E-state index in [9.17, 15) is 4.39 Å². The van der Waals surface area contributed by atoms with E-state index in [4.69, 9.17) is 28.5 Å². The number of halogens is 3. The van der Waals surface area contributed by atoms with Gasteiger partial charge in [0.25, 0.3) is 0 Å². The number of rotatable bonds is 2. The van der Waals surface area contributed by atoms with Gasteiger partial charge in [-0.05, 0) is 13.0 Å². The Bertz CT molecular complexity index is 665. The number of benzene rings is 1. The number of hydrogen-bond donors (Lipinski definition) is 1. The van der Waals surface area contributed by atoms with Gasteiger partial charge in [-0.3, -0.25) is 4.98 Å². The normalized spacial score (nSPS) is 10.4. The van der Waals surface area contributed by atoms with E-state index >= 15 is 0 Å². The maximum Gasteiger partial charge on any atom is 0.161 e. The second-order valence-corrected chi connectivity index (χ2v) is 4.35. The molecule has 0 aliphatic heterocycles. The molecular formula is C12H8Cl2FN3. The Morgan fingerprint density at radius 3 is 2.83 bits per heavy atom. The highest BCUT2D eigenvalue weighted by molar-refractivity contribution is 6.39. The van der Waals surface area contributed by atoms with Crippen LogP contribution in [0, 0.1) is 17.1 Å². The number of nitrogens with zero attached hydrogens (tertiary/aromatic N) is 2. The predicted octanol–water partition coefficient (Wildman–Crippen LogP) is 3.98. The molecule has 0 bridgehead atoms. The summed E-state index contributed by atoms with van der Waals surface area (Å²) in [5.41, 5.74) is 1.24. The molecule has 18 heavy (non-hydrogen) atoms. The molecule has 0 radical (unpaired) electrons. The van der Waals surface area contributed by atoms with Crippen molar-refractivity contribution in [2.45, 2.75) is 6.92 Å². The molecule has 1 heterocycles. The minimum atomic E-state index is -0.707. The van der Waals surface area contributed by atoms with Gasteiger partial charge in [0.15, 0.2) is 5.82 Å². The van der Waals surface area contributed by atoms with Gasteiger partial charge in [-0.15, -0.1) is 0 Å². The first kappa shape index (κ1) is 12.9. The zero-order valence-electron chi connectivity index (χ0n) is 9.39. The number of pyridine rings is 1. The molecule has 0 atom stereocenters. The van der Waals surface area contributed by atoms with Gasteiger partial charge in [0.1, 0.15) is 6.07 Å². The molecule has 92 valence electrons. The Balaban J connectivity index is 2.91. The Morgan fingerprint density at radius 2 is 2.22 bits per heavy atom. The third-order valence-corrected chi connectivity index (χ3v) is 3.10. The summed E-state index contributed by atoms with van der Waals surface area (Å²) in [4.78, 5) is 4.06. The van der Waals surface area contributed by atoms with E-state index in [0.717, 1.165) is 0 Å². The first-order valence-electron chi connectivity index (χ1n) is 5.20. The lowest BCUT2D eigenvalue weighted by atomic mass is 10.1. The third kappa shape index (κ3) is 1.96. The zero-order valence-corrected chi connectivity index (χ0v) is 10.9. The van der Waals surface area contributed by atoms with Gasteiger partial charge < -0.3 is 5.32 Å². The van der Waals surface area contributed by atoms with E-state index in [2.05, 4.69) is 10.3 Å². The van der Waals surface area contributed by atoms with Crippen LogP contribution >= 0.6 is 23.2 Å². The van der Waals surface area contributed by atoms with Crippen molar-refractivity contribution in [3.8, 4) is 6.07 Å². The van der Waals surface area contributed by atoms with Crippen LogP contribution in [-0.2, 0) is 0 Å². The summed E-state index contributed by atoms with van der Waals surface area (Å²) in [6.07, 6.45) is 1.41. The van der Waals surface area contributed by atoms with Crippen LogP contribution in [0.1, 0.15) is 12.5 Å². The van der Waals surface area contributed by atoms with Gasteiger partial charge in [0.2, 0.25) is 0 Å². The van der Waals surface area contributed by atoms with Crippen LogP contribution in [0.2, 0.25) is 10.0 Å². The summed E-state index contributed by atoms with van der Waals surface area (Å²) in [5.74, 6) is -0.707. The van der Waals surface area contributed by atoms with Crippen LogP contribution < -0.4 is 5.32 Å². The van der Waals surface area contributed by atoms with E-state index in [0.29, 0.717) is 28.7 Å². The van der Waals surface area contributed by atoms with Crippen LogP contribution in [0.4, 0.5) is 10.1 Å². The fourth-order valence-corrected chi connectivity index (χ4v) is 2.24. The molecule has 1 aromatic heterocycles. The SMILES string of the molecule is CCNc1c(C#N)cnc2cc(Cl)c(F)c(Cl)c12. The van der Waals surface area contributed by atoms with Crippen molar-refractivity contribution in [3.63, 3.8) is 0 Å². The van der Waals surface area contributed by atoms with Crippen molar-refractivity contribution in [1.82, 2.24) is 4.98 Å². The molecule has 1 N–H and O–H groups in total. The zero-order chi connectivity index (χ0) is 13.3. The van der Waals surface area contributed by atoms with E-state index < -0.39 is 5.82 Å². The highest BCUT2D eigenvalue weighted by Crippen LogP contribution is 2.36. The quantitative estimate of drug-likeness (QED) is 0.848. The van der Waals surface area contributed by atoms with Crippen molar-refractivity contribution in [2.75, 3.05) is 11.9 Å². The molecule has 0 saturated heterocycles. The minimum Gasteiger partial charge on any atom is -0.384 e. The lowest BCUT2D eigenvalue weighted by Crippen LogP contribution is -2.02. The molecule has 0 unspecified atom stereocenters. The molecule has 3 nitrogen and oxygen atoms in total. The van der Waals surface area contributed by atoms with Crippen LogP contribution in [0.3, 0.4) is 0 Å². The summed E-state index contributed by atoms with van der Waals surface area (Å²) in [6, 6.07) is 3.38. The van der Waals surface area contributed by atoms with Gasteiger partial charge in [-0.25, -0.2) is 4.39 Å². The average Bonchev–Trinajstić information content (AvgIpc) is 2.36. The Kier molecular flexibility index (Phi) is 3.55. The summed E-state index contributed by atoms with van der Waals surface area (Å²) < 4.78 is 13.7. The highest BCUT2D eigenvalue weighted by Gasteiger charge is 2.17. The molecule has 0 aliphatic rings. The Labute approximate surface area is 113 Å². The average molecular weight is 284 g/mol. The lowest BCUT2D eigenvalue weighted by molar-refractivity contribution is 0.630. The minimum absolute atomic E-state index is 0.0906. The van der Waals surface area contributed by atoms with E-state index in [1.807, 2.05) is 13.0 Å². The number of aromatic nitrogens is 1. The Hall–Kier alpha value is -1.57. The third-order valence-electron chi connectivity index (χ3n) is 2.47. The van der Waals surface area contributed by atoms with Crippen molar-refractivity contribution in [1.29, 1.82) is 5.26 Å². The van der Waals surface area contributed by atoms with Crippen LogP contribution in [-0.4, -0.2) is 11.5 Å². The smallest absolute Gasteiger partial charge is 0.161 e. The number of anilines is 1. The topological polar surface area (TPSA) is 48.7 Å². The van der Waals surface area contributed by atoms with Gasteiger partial charge in [-0.1, -0.05) is 23.2 Å². The monoisotopic (exact) mass is 283 g/mol. The molecule has 0 amide bonds. The lowest BCUT2D eigenvalue weighted by Gasteiger charge is -2.11. The highest BCUT2D eigenvalue weighted by atomic mass is 35.5. The van der Waals surface area contributed by atoms with Crippen molar-refractivity contribution in [2.24, 2.45) is 0 Å². The number of fused-ring (bicyclic) bond motifs is 1. The summed E-state index contributed by atoms with van der Waals surface area (Å²) in [7, 11) is 0. The van der Waals surface area contributed by atoms with E-state index in [1.165, 1.54) is 12.3 Å². The predicted molar refractivity (Wildman–Crippen MR) is 70.6 cm³/mol. The fourth-order valence-electron chi connectivity index (χ4n) is 1.70. The number of nitriles is 1. The molecule has 6 heteroatoms.